The molecule has 1 aromatic heterocycles. The summed E-state index contributed by atoms with van der Waals surface area (Å²) in [7, 11) is 0. The Bertz CT molecular complexity index is 546. The predicted molar refractivity (Wildman–Crippen MR) is 104 cm³/mol. The molecule has 3 N–H and O–H groups in total. The van der Waals surface area contributed by atoms with Crippen molar-refractivity contribution in [1.29, 1.82) is 0 Å². The van der Waals surface area contributed by atoms with Gasteiger partial charge in [-0.1, -0.05) is 19.3 Å². The van der Waals surface area contributed by atoms with E-state index in [0.717, 1.165) is 63.6 Å². The van der Waals surface area contributed by atoms with Gasteiger partial charge in [0.2, 0.25) is 0 Å². The van der Waals surface area contributed by atoms with Gasteiger partial charge in [-0.25, -0.2) is 0 Å². The average Bonchev–Trinajstić information content (AvgIpc) is 3.33. The fraction of sp³-hybridized carbons (Fsp3) is 0.750. The predicted octanol–water partition coefficient (Wildman–Crippen LogP) is 2.67. The lowest BCUT2D eigenvalue weighted by Gasteiger charge is -2.33. The lowest BCUT2D eigenvalue weighted by molar-refractivity contribution is 0.0574. The first-order chi connectivity index (χ1) is 12.7. The molecule has 1 aliphatic carbocycles. The smallest absolute Gasteiger partial charge is 0.191 e. The normalized spacial score (nSPS) is 22.3. The number of piperidine rings is 1. The van der Waals surface area contributed by atoms with E-state index in [9.17, 15) is 5.11 Å². The van der Waals surface area contributed by atoms with E-state index < -0.39 is 5.60 Å². The van der Waals surface area contributed by atoms with Crippen molar-refractivity contribution in [2.75, 3.05) is 32.7 Å². The second-order valence-corrected chi connectivity index (χ2v) is 7.64. The van der Waals surface area contributed by atoms with Gasteiger partial charge in [0.05, 0.1) is 24.5 Å². The molecule has 1 saturated heterocycles. The second kappa shape index (κ2) is 9.42. The Balaban J connectivity index is 1.62. The van der Waals surface area contributed by atoms with E-state index in [2.05, 4.69) is 33.5 Å². The van der Waals surface area contributed by atoms with E-state index in [-0.39, 0.29) is 6.04 Å². The van der Waals surface area contributed by atoms with Crippen molar-refractivity contribution < 1.29 is 9.52 Å². The Morgan fingerprint density at radius 1 is 1.23 bits per heavy atom. The molecule has 0 amide bonds. The molecular formula is C20H34N4O2. The molecule has 2 heterocycles. The summed E-state index contributed by atoms with van der Waals surface area (Å²) < 4.78 is 5.72. The highest BCUT2D eigenvalue weighted by atomic mass is 16.3. The lowest BCUT2D eigenvalue weighted by atomic mass is 10.0. The van der Waals surface area contributed by atoms with E-state index in [1.165, 1.54) is 19.3 Å². The standard InChI is InChI=1S/C20H34N4O2/c1-2-21-19(23-16-20(25)10-4-5-11-20)22-15-17(18-9-8-14-26-18)24-12-6-3-7-13-24/h8-9,14,17,25H,2-7,10-13,15-16H2,1H3,(H2,21,22,23). The molecule has 3 rings (SSSR count). The third kappa shape index (κ3) is 5.24. The second-order valence-electron chi connectivity index (χ2n) is 7.64. The summed E-state index contributed by atoms with van der Waals surface area (Å²) in [6, 6.07) is 4.23. The average molecular weight is 363 g/mol. The monoisotopic (exact) mass is 362 g/mol. The van der Waals surface area contributed by atoms with Crippen LogP contribution in [0.25, 0.3) is 0 Å². The zero-order chi connectivity index (χ0) is 18.2. The maximum absolute atomic E-state index is 10.6. The Labute approximate surface area is 157 Å². The van der Waals surface area contributed by atoms with Gasteiger partial charge in [0.15, 0.2) is 5.96 Å². The van der Waals surface area contributed by atoms with Crippen molar-refractivity contribution in [2.45, 2.75) is 63.5 Å². The number of rotatable bonds is 7. The zero-order valence-corrected chi connectivity index (χ0v) is 16.0. The van der Waals surface area contributed by atoms with Crippen molar-refractivity contribution in [2.24, 2.45) is 4.99 Å². The highest BCUT2D eigenvalue weighted by molar-refractivity contribution is 5.79. The van der Waals surface area contributed by atoms with Crippen LogP contribution in [0.1, 0.15) is 63.7 Å². The van der Waals surface area contributed by atoms with Gasteiger partial charge in [-0.2, -0.15) is 0 Å². The highest BCUT2D eigenvalue weighted by Crippen LogP contribution is 2.29. The van der Waals surface area contributed by atoms with Crippen LogP contribution in [0.3, 0.4) is 0 Å². The van der Waals surface area contributed by atoms with Crippen molar-refractivity contribution >= 4 is 5.96 Å². The van der Waals surface area contributed by atoms with Crippen LogP contribution in [-0.4, -0.2) is 54.3 Å². The van der Waals surface area contributed by atoms with Crippen molar-refractivity contribution in [3.63, 3.8) is 0 Å². The number of nitrogens with one attached hydrogen (secondary N) is 2. The molecule has 6 heteroatoms. The molecule has 1 saturated carbocycles. The molecule has 0 radical (unpaired) electrons. The minimum absolute atomic E-state index is 0.212. The molecule has 26 heavy (non-hydrogen) atoms. The SMILES string of the molecule is CCNC(=NCC1(O)CCCC1)NCC(c1ccco1)N1CCCCC1. The number of furan rings is 1. The molecule has 2 aliphatic rings. The summed E-state index contributed by atoms with van der Waals surface area (Å²) in [6.07, 6.45) is 9.49. The quantitative estimate of drug-likeness (QED) is 0.514. The topological polar surface area (TPSA) is 73.0 Å². The Morgan fingerprint density at radius 3 is 2.65 bits per heavy atom. The molecule has 1 atom stereocenters. The van der Waals surface area contributed by atoms with E-state index in [0.29, 0.717) is 6.54 Å². The van der Waals surface area contributed by atoms with Crippen LogP contribution in [0.5, 0.6) is 0 Å². The van der Waals surface area contributed by atoms with Crippen LogP contribution in [0.4, 0.5) is 0 Å². The summed E-state index contributed by atoms with van der Waals surface area (Å²) >= 11 is 0. The van der Waals surface area contributed by atoms with Crippen molar-refractivity contribution in [1.82, 2.24) is 15.5 Å². The summed E-state index contributed by atoms with van der Waals surface area (Å²) in [4.78, 5) is 7.16. The molecule has 0 aromatic carbocycles. The summed E-state index contributed by atoms with van der Waals surface area (Å²) in [5, 5.41) is 17.3. The summed E-state index contributed by atoms with van der Waals surface area (Å²) in [5.74, 6) is 1.78. The number of aliphatic imine (C=N–C) groups is 1. The third-order valence-corrected chi connectivity index (χ3v) is 5.58. The van der Waals surface area contributed by atoms with Crippen molar-refractivity contribution in [3.8, 4) is 0 Å². The molecule has 0 bridgehead atoms. The largest absolute Gasteiger partial charge is 0.468 e. The molecule has 6 nitrogen and oxygen atoms in total. The number of hydrogen-bond donors (Lipinski definition) is 3. The first-order valence-electron chi connectivity index (χ1n) is 10.2. The Hall–Kier alpha value is -1.53. The van der Waals surface area contributed by atoms with E-state index >= 15 is 0 Å². The molecule has 1 unspecified atom stereocenters. The van der Waals surface area contributed by atoms with E-state index in [1.54, 1.807) is 6.26 Å². The summed E-state index contributed by atoms with van der Waals surface area (Å²) in [5.41, 5.74) is -0.615. The molecule has 1 aromatic rings. The van der Waals surface area contributed by atoms with Gasteiger partial charge < -0.3 is 20.2 Å². The molecule has 0 spiro atoms. The first kappa shape index (κ1) is 19.2. The minimum Gasteiger partial charge on any atom is -0.468 e. The van der Waals surface area contributed by atoms with Gasteiger partial charge in [-0.05, 0) is 57.8 Å². The number of likely N-dealkylation sites (tertiary alicyclic amines) is 1. The van der Waals surface area contributed by atoms with E-state index in [4.69, 9.17) is 4.42 Å². The number of aliphatic hydroxyl groups is 1. The van der Waals surface area contributed by atoms with Gasteiger partial charge >= 0.3 is 0 Å². The maximum atomic E-state index is 10.6. The van der Waals surface area contributed by atoms with Crippen LogP contribution >= 0.6 is 0 Å². The van der Waals surface area contributed by atoms with Gasteiger partial charge in [-0.3, -0.25) is 9.89 Å². The molecule has 146 valence electrons. The van der Waals surface area contributed by atoms with Crippen LogP contribution in [0.15, 0.2) is 27.8 Å². The molecule has 1 aliphatic heterocycles. The zero-order valence-electron chi connectivity index (χ0n) is 16.0. The van der Waals surface area contributed by atoms with Gasteiger partial charge in [0.1, 0.15) is 5.76 Å². The number of nitrogens with zero attached hydrogens (tertiary/aromatic N) is 2. The Kier molecular flexibility index (Phi) is 6.97. The van der Waals surface area contributed by atoms with E-state index in [1.807, 2.05) is 6.07 Å². The fourth-order valence-electron chi connectivity index (χ4n) is 4.07. The number of hydrogen-bond acceptors (Lipinski definition) is 4. The van der Waals surface area contributed by atoms with Gasteiger partial charge in [0.25, 0.3) is 0 Å². The van der Waals surface area contributed by atoms with Gasteiger partial charge in [-0.15, -0.1) is 0 Å². The van der Waals surface area contributed by atoms with Crippen LogP contribution in [-0.2, 0) is 0 Å². The van der Waals surface area contributed by atoms with Crippen molar-refractivity contribution in [3.05, 3.63) is 24.2 Å². The summed E-state index contributed by atoms with van der Waals surface area (Å²) in [6.45, 7) is 6.31. The van der Waals surface area contributed by atoms with Crippen LogP contribution < -0.4 is 10.6 Å². The third-order valence-electron chi connectivity index (χ3n) is 5.58. The molecule has 2 fully saturated rings. The minimum atomic E-state index is -0.615. The Morgan fingerprint density at radius 2 is 2.00 bits per heavy atom. The lowest BCUT2D eigenvalue weighted by Crippen LogP contribution is -2.45. The molecular weight excluding hydrogens is 328 g/mol. The van der Waals surface area contributed by atoms with Crippen LogP contribution in [0, 0.1) is 0 Å². The fourth-order valence-corrected chi connectivity index (χ4v) is 4.07. The van der Waals surface area contributed by atoms with Crippen LogP contribution in [0.2, 0.25) is 0 Å². The highest BCUT2D eigenvalue weighted by Gasteiger charge is 2.31. The van der Waals surface area contributed by atoms with Gasteiger partial charge in [0, 0.05) is 13.1 Å². The first-order valence-corrected chi connectivity index (χ1v) is 10.2. The number of guanidine groups is 1. The maximum Gasteiger partial charge on any atom is 0.191 e.